The highest BCUT2D eigenvalue weighted by Crippen LogP contribution is 2.43. The molecule has 164 valence electrons. The smallest absolute Gasteiger partial charge is 0.287 e. The molecule has 5 heteroatoms. The molecule has 30 heavy (non-hydrogen) atoms. The SMILES string of the molecule is COc1ccc(C(N)C2CCCC(C)C2C)c2cc(C(=O)NC3CCCCC3)oc12. The summed E-state index contributed by atoms with van der Waals surface area (Å²) in [6.07, 6.45) is 9.35. The lowest BCUT2D eigenvalue weighted by atomic mass is 9.69. The van der Waals surface area contributed by atoms with Crippen LogP contribution in [0, 0.1) is 17.8 Å². The second-order valence-electron chi connectivity index (χ2n) is 9.48. The fourth-order valence-electron chi connectivity index (χ4n) is 5.55. The standard InChI is InChI=1S/C25H36N2O3/c1-15-8-7-11-18(16(15)2)23(26)19-12-13-21(29-3)24-20(19)14-22(30-24)25(28)27-17-9-5-4-6-10-17/h12-18,23H,4-11,26H2,1-3H3,(H,27,28). The van der Waals surface area contributed by atoms with E-state index in [1.807, 2.05) is 12.1 Å². The molecular formula is C25H36N2O3. The Morgan fingerprint density at radius 2 is 1.90 bits per heavy atom. The monoisotopic (exact) mass is 412 g/mol. The third kappa shape index (κ3) is 4.09. The Labute approximate surface area is 179 Å². The van der Waals surface area contributed by atoms with E-state index in [0.717, 1.165) is 30.2 Å². The van der Waals surface area contributed by atoms with Crippen LogP contribution in [0.3, 0.4) is 0 Å². The van der Waals surface area contributed by atoms with Crippen LogP contribution in [-0.2, 0) is 0 Å². The Morgan fingerprint density at radius 1 is 1.13 bits per heavy atom. The van der Waals surface area contributed by atoms with Gasteiger partial charge in [-0.3, -0.25) is 4.79 Å². The largest absolute Gasteiger partial charge is 0.493 e. The Balaban J connectivity index is 1.65. The van der Waals surface area contributed by atoms with E-state index in [0.29, 0.717) is 34.8 Å². The number of hydrogen-bond acceptors (Lipinski definition) is 4. The van der Waals surface area contributed by atoms with Crippen molar-refractivity contribution in [3.8, 4) is 5.75 Å². The van der Waals surface area contributed by atoms with Crippen LogP contribution in [0.5, 0.6) is 5.75 Å². The van der Waals surface area contributed by atoms with Crippen molar-refractivity contribution >= 4 is 16.9 Å². The van der Waals surface area contributed by atoms with Crippen LogP contribution in [0.15, 0.2) is 22.6 Å². The van der Waals surface area contributed by atoms with Crippen molar-refractivity contribution in [2.75, 3.05) is 7.11 Å². The van der Waals surface area contributed by atoms with E-state index in [1.165, 1.54) is 32.1 Å². The van der Waals surface area contributed by atoms with Gasteiger partial charge >= 0.3 is 0 Å². The highest BCUT2D eigenvalue weighted by molar-refractivity contribution is 5.98. The number of methoxy groups -OCH3 is 1. The lowest BCUT2D eigenvalue weighted by Gasteiger charge is -2.38. The molecule has 0 radical (unpaired) electrons. The zero-order valence-electron chi connectivity index (χ0n) is 18.6. The summed E-state index contributed by atoms with van der Waals surface area (Å²) in [6, 6.07) is 6.00. The van der Waals surface area contributed by atoms with Gasteiger partial charge in [0, 0.05) is 17.5 Å². The van der Waals surface area contributed by atoms with Gasteiger partial charge in [0.25, 0.3) is 5.91 Å². The molecule has 1 heterocycles. The zero-order valence-corrected chi connectivity index (χ0v) is 18.6. The number of ether oxygens (including phenoxy) is 1. The van der Waals surface area contributed by atoms with Crippen molar-refractivity contribution in [1.29, 1.82) is 0 Å². The molecule has 2 fully saturated rings. The van der Waals surface area contributed by atoms with Crippen LogP contribution in [0.1, 0.15) is 87.4 Å². The molecule has 2 aromatic rings. The highest BCUT2D eigenvalue weighted by atomic mass is 16.5. The van der Waals surface area contributed by atoms with Crippen LogP contribution >= 0.6 is 0 Å². The first kappa shape index (κ1) is 21.2. The van der Waals surface area contributed by atoms with Crippen LogP contribution in [0.2, 0.25) is 0 Å². The van der Waals surface area contributed by atoms with Crippen LogP contribution < -0.4 is 15.8 Å². The van der Waals surface area contributed by atoms with E-state index < -0.39 is 0 Å². The summed E-state index contributed by atoms with van der Waals surface area (Å²) in [5.41, 5.74) is 8.51. The van der Waals surface area contributed by atoms with Crippen molar-refractivity contribution in [2.24, 2.45) is 23.5 Å². The molecular weight excluding hydrogens is 376 g/mol. The van der Waals surface area contributed by atoms with Crippen molar-refractivity contribution in [1.82, 2.24) is 5.32 Å². The molecule has 4 rings (SSSR count). The Morgan fingerprint density at radius 3 is 2.63 bits per heavy atom. The molecule has 3 N–H and O–H groups in total. The van der Waals surface area contributed by atoms with E-state index in [4.69, 9.17) is 14.9 Å². The number of nitrogens with one attached hydrogen (secondary N) is 1. The number of fused-ring (bicyclic) bond motifs is 1. The number of rotatable bonds is 5. The van der Waals surface area contributed by atoms with Crippen molar-refractivity contribution in [3.05, 3.63) is 29.5 Å². The van der Waals surface area contributed by atoms with Crippen LogP contribution in [0.25, 0.3) is 11.0 Å². The molecule has 0 spiro atoms. The maximum absolute atomic E-state index is 12.9. The van der Waals surface area contributed by atoms with Gasteiger partial charge in [-0.25, -0.2) is 0 Å². The molecule has 4 unspecified atom stereocenters. The Kier molecular flexibility index (Phi) is 6.37. The van der Waals surface area contributed by atoms with Crippen molar-refractivity contribution in [2.45, 2.75) is 77.3 Å². The zero-order chi connectivity index (χ0) is 21.3. The molecule has 0 aliphatic heterocycles. The summed E-state index contributed by atoms with van der Waals surface area (Å²) in [5.74, 6) is 2.54. The van der Waals surface area contributed by atoms with E-state index in [-0.39, 0.29) is 18.0 Å². The van der Waals surface area contributed by atoms with Gasteiger partial charge in [0.1, 0.15) is 0 Å². The second kappa shape index (κ2) is 9.01. The van der Waals surface area contributed by atoms with Gasteiger partial charge < -0.3 is 20.2 Å². The van der Waals surface area contributed by atoms with Crippen LogP contribution in [-0.4, -0.2) is 19.1 Å². The van der Waals surface area contributed by atoms with Crippen molar-refractivity contribution in [3.63, 3.8) is 0 Å². The summed E-state index contributed by atoms with van der Waals surface area (Å²) in [5, 5.41) is 4.06. The summed E-state index contributed by atoms with van der Waals surface area (Å²) < 4.78 is 11.5. The molecule has 1 aromatic heterocycles. The molecule has 0 saturated heterocycles. The molecule has 2 aliphatic rings. The van der Waals surface area contributed by atoms with Gasteiger partial charge in [0.15, 0.2) is 17.1 Å². The first-order valence-electron chi connectivity index (χ1n) is 11.7. The first-order chi connectivity index (χ1) is 14.5. The highest BCUT2D eigenvalue weighted by Gasteiger charge is 2.33. The normalized spacial score (nSPS) is 26.5. The average Bonchev–Trinajstić information content (AvgIpc) is 3.21. The number of amides is 1. The van der Waals surface area contributed by atoms with E-state index in [1.54, 1.807) is 7.11 Å². The predicted molar refractivity (Wildman–Crippen MR) is 120 cm³/mol. The van der Waals surface area contributed by atoms with Crippen LogP contribution in [0.4, 0.5) is 0 Å². The molecule has 5 nitrogen and oxygen atoms in total. The van der Waals surface area contributed by atoms with Gasteiger partial charge in [-0.15, -0.1) is 0 Å². The number of furan rings is 1. The van der Waals surface area contributed by atoms with Gasteiger partial charge in [0.2, 0.25) is 0 Å². The maximum Gasteiger partial charge on any atom is 0.287 e. The van der Waals surface area contributed by atoms with E-state index in [9.17, 15) is 4.79 Å². The number of hydrogen-bond donors (Lipinski definition) is 2. The molecule has 2 aliphatic carbocycles. The minimum Gasteiger partial charge on any atom is -0.493 e. The summed E-state index contributed by atoms with van der Waals surface area (Å²) >= 11 is 0. The lowest BCUT2D eigenvalue weighted by Crippen LogP contribution is -2.35. The predicted octanol–water partition coefficient (Wildman–Crippen LogP) is 5.58. The molecule has 0 bridgehead atoms. The minimum atomic E-state index is -0.140. The van der Waals surface area contributed by atoms with E-state index >= 15 is 0 Å². The summed E-state index contributed by atoms with van der Waals surface area (Å²) in [6.45, 7) is 4.66. The van der Waals surface area contributed by atoms with E-state index in [2.05, 4.69) is 25.2 Å². The topological polar surface area (TPSA) is 77.5 Å². The number of nitrogens with two attached hydrogens (primary N) is 1. The second-order valence-corrected chi connectivity index (χ2v) is 9.48. The Bertz CT molecular complexity index is 884. The fourth-order valence-corrected chi connectivity index (χ4v) is 5.55. The molecule has 2 saturated carbocycles. The maximum atomic E-state index is 12.9. The minimum absolute atomic E-state index is 0.0805. The fraction of sp³-hybridized carbons (Fsp3) is 0.640. The van der Waals surface area contributed by atoms with Gasteiger partial charge in [-0.2, -0.15) is 0 Å². The van der Waals surface area contributed by atoms with Gasteiger partial charge in [-0.1, -0.05) is 52.0 Å². The average molecular weight is 413 g/mol. The third-order valence-corrected chi connectivity index (χ3v) is 7.66. The molecule has 1 amide bonds. The molecule has 1 aromatic carbocycles. The van der Waals surface area contributed by atoms with Crippen molar-refractivity contribution < 1.29 is 13.9 Å². The first-order valence-corrected chi connectivity index (χ1v) is 11.7. The molecule has 4 atom stereocenters. The third-order valence-electron chi connectivity index (χ3n) is 7.66. The lowest BCUT2D eigenvalue weighted by molar-refractivity contribution is 0.0901. The number of carbonyl (C=O) groups excluding carboxylic acids is 1. The summed E-state index contributed by atoms with van der Waals surface area (Å²) in [7, 11) is 1.63. The quantitative estimate of drug-likeness (QED) is 0.672. The van der Waals surface area contributed by atoms with Gasteiger partial charge in [0.05, 0.1) is 7.11 Å². The van der Waals surface area contributed by atoms with Gasteiger partial charge in [-0.05, 0) is 54.7 Å². The summed E-state index contributed by atoms with van der Waals surface area (Å²) in [4.78, 5) is 12.9. The number of carbonyl (C=O) groups is 1. The Hall–Kier alpha value is -2.01. The number of benzene rings is 1.